The van der Waals surface area contributed by atoms with Crippen LogP contribution in [0.5, 0.6) is 5.75 Å². The molecule has 102 valence electrons. The number of rotatable bonds is 7. The van der Waals surface area contributed by atoms with E-state index >= 15 is 0 Å². The van der Waals surface area contributed by atoms with Crippen molar-refractivity contribution in [1.82, 2.24) is 0 Å². The van der Waals surface area contributed by atoms with Crippen LogP contribution in [-0.4, -0.2) is 24.9 Å². The Labute approximate surface area is 110 Å². The fourth-order valence-electron chi connectivity index (χ4n) is 1.97. The zero-order valence-electron chi connectivity index (χ0n) is 11.7. The van der Waals surface area contributed by atoms with E-state index in [1.807, 2.05) is 0 Å². The average molecular weight is 251 g/mol. The van der Waals surface area contributed by atoms with Crippen LogP contribution in [0.1, 0.15) is 30.0 Å². The van der Waals surface area contributed by atoms with Crippen LogP contribution in [0.15, 0.2) is 12.1 Å². The van der Waals surface area contributed by atoms with E-state index in [-0.39, 0.29) is 12.5 Å². The first kappa shape index (κ1) is 15.0. The van der Waals surface area contributed by atoms with Gasteiger partial charge in [-0.25, -0.2) is 0 Å². The molecule has 0 radical (unpaired) electrons. The third kappa shape index (κ3) is 4.00. The van der Waals surface area contributed by atoms with Crippen molar-refractivity contribution in [1.29, 1.82) is 0 Å². The fraction of sp³-hybridized carbons (Fsp3) is 0.600. The van der Waals surface area contributed by atoms with E-state index in [4.69, 9.17) is 10.5 Å². The topological polar surface area (TPSA) is 55.5 Å². The molecule has 0 saturated carbocycles. The van der Waals surface area contributed by atoms with Gasteiger partial charge in [-0.05, 0) is 61.9 Å². The molecule has 1 aromatic carbocycles. The van der Waals surface area contributed by atoms with Gasteiger partial charge in [0.05, 0.1) is 6.61 Å². The highest BCUT2D eigenvalue weighted by Crippen LogP contribution is 2.24. The summed E-state index contributed by atoms with van der Waals surface area (Å²) in [6.07, 6.45) is 1.84. The molecule has 3 N–H and O–H groups in total. The summed E-state index contributed by atoms with van der Waals surface area (Å²) in [7, 11) is 0. The lowest BCUT2D eigenvalue weighted by atomic mass is 9.95. The van der Waals surface area contributed by atoms with Gasteiger partial charge < -0.3 is 15.6 Å². The molecule has 3 heteroatoms. The van der Waals surface area contributed by atoms with Crippen molar-refractivity contribution < 1.29 is 9.84 Å². The van der Waals surface area contributed by atoms with Crippen molar-refractivity contribution in [2.45, 2.75) is 33.6 Å². The predicted molar refractivity (Wildman–Crippen MR) is 75.0 cm³/mol. The van der Waals surface area contributed by atoms with Gasteiger partial charge in [-0.1, -0.05) is 13.0 Å². The number of ether oxygens (including phenoxy) is 1. The fourth-order valence-corrected chi connectivity index (χ4v) is 1.97. The highest BCUT2D eigenvalue weighted by molar-refractivity contribution is 5.41. The minimum atomic E-state index is 0.142. The third-order valence-corrected chi connectivity index (χ3v) is 3.20. The summed E-state index contributed by atoms with van der Waals surface area (Å²) in [6, 6.07) is 4.24. The van der Waals surface area contributed by atoms with Crippen LogP contribution in [0.3, 0.4) is 0 Å². The number of hydrogen-bond acceptors (Lipinski definition) is 3. The second-order valence-electron chi connectivity index (χ2n) is 4.88. The van der Waals surface area contributed by atoms with Gasteiger partial charge >= 0.3 is 0 Å². The van der Waals surface area contributed by atoms with Gasteiger partial charge in [0.15, 0.2) is 0 Å². The van der Waals surface area contributed by atoms with Crippen molar-refractivity contribution in [2.24, 2.45) is 11.7 Å². The monoisotopic (exact) mass is 251 g/mol. The van der Waals surface area contributed by atoms with E-state index in [0.717, 1.165) is 30.8 Å². The van der Waals surface area contributed by atoms with Crippen LogP contribution in [0.4, 0.5) is 0 Å². The molecule has 3 nitrogen and oxygen atoms in total. The van der Waals surface area contributed by atoms with Crippen LogP contribution < -0.4 is 10.5 Å². The van der Waals surface area contributed by atoms with Crippen molar-refractivity contribution in [3.8, 4) is 5.75 Å². The van der Waals surface area contributed by atoms with Crippen LogP contribution in [0, 0.1) is 19.8 Å². The highest BCUT2D eigenvalue weighted by Gasteiger charge is 2.11. The Morgan fingerprint density at radius 1 is 1.28 bits per heavy atom. The molecule has 1 aromatic rings. The van der Waals surface area contributed by atoms with E-state index in [0.29, 0.717) is 6.54 Å². The van der Waals surface area contributed by atoms with Crippen LogP contribution >= 0.6 is 0 Å². The Morgan fingerprint density at radius 2 is 2.00 bits per heavy atom. The highest BCUT2D eigenvalue weighted by atomic mass is 16.5. The average Bonchev–Trinajstić information content (AvgIpc) is 2.37. The van der Waals surface area contributed by atoms with E-state index in [1.165, 1.54) is 11.1 Å². The molecule has 0 aliphatic heterocycles. The van der Waals surface area contributed by atoms with Crippen LogP contribution in [0.25, 0.3) is 0 Å². The molecule has 0 aliphatic carbocycles. The molecule has 1 unspecified atom stereocenters. The summed E-state index contributed by atoms with van der Waals surface area (Å²) in [4.78, 5) is 0. The first-order chi connectivity index (χ1) is 8.62. The minimum Gasteiger partial charge on any atom is -0.493 e. The maximum absolute atomic E-state index is 9.21. The molecule has 1 rings (SSSR count). The third-order valence-electron chi connectivity index (χ3n) is 3.20. The van der Waals surface area contributed by atoms with Gasteiger partial charge in [0, 0.05) is 6.61 Å². The molecular weight excluding hydrogens is 226 g/mol. The SMILES string of the molecule is CCCOc1cc(C)c(CC(CN)CO)cc1C. The van der Waals surface area contributed by atoms with Gasteiger partial charge in [-0.3, -0.25) is 0 Å². The van der Waals surface area contributed by atoms with Gasteiger partial charge in [-0.2, -0.15) is 0 Å². The lowest BCUT2D eigenvalue weighted by molar-refractivity contribution is 0.229. The van der Waals surface area contributed by atoms with E-state index in [1.54, 1.807) is 0 Å². The van der Waals surface area contributed by atoms with E-state index < -0.39 is 0 Å². The maximum Gasteiger partial charge on any atom is 0.122 e. The Bertz CT molecular complexity index is 373. The first-order valence-electron chi connectivity index (χ1n) is 6.66. The molecule has 0 fully saturated rings. The number of nitrogens with two attached hydrogens (primary N) is 1. The van der Waals surface area contributed by atoms with Gasteiger partial charge in [0.25, 0.3) is 0 Å². The maximum atomic E-state index is 9.21. The largest absolute Gasteiger partial charge is 0.493 e. The van der Waals surface area contributed by atoms with Gasteiger partial charge in [0.1, 0.15) is 5.75 Å². The molecule has 0 aromatic heterocycles. The van der Waals surface area contributed by atoms with Crippen LogP contribution in [-0.2, 0) is 6.42 Å². The second-order valence-corrected chi connectivity index (χ2v) is 4.88. The smallest absolute Gasteiger partial charge is 0.122 e. The number of aliphatic hydroxyl groups is 1. The zero-order chi connectivity index (χ0) is 13.5. The van der Waals surface area contributed by atoms with Gasteiger partial charge in [-0.15, -0.1) is 0 Å². The Kier molecular flexibility index (Phi) is 6.16. The zero-order valence-corrected chi connectivity index (χ0v) is 11.7. The summed E-state index contributed by atoms with van der Waals surface area (Å²) in [5.41, 5.74) is 9.24. The van der Waals surface area contributed by atoms with Crippen molar-refractivity contribution in [2.75, 3.05) is 19.8 Å². The summed E-state index contributed by atoms with van der Waals surface area (Å²) in [5.74, 6) is 1.11. The lowest BCUT2D eigenvalue weighted by Gasteiger charge is -2.16. The van der Waals surface area contributed by atoms with Crippen molar-refractivity contribution >= 4 is 0 Å². The number of aryl methyl sites for hydroxylation is 2. The molecule has 1 atom stereocenters. The van der Waals surface area contributed by atoms with Crippen molar-refractivity contribution in [3.63, 3.8) is 0 Å². The van der Waals surface area contributed by atoms with Crippen LogP contribution in [0.2, 0.25) is 0 Å². The number of hydrogen-bond donors (Lipinski definition) is 2. The second kappa shape index (κ2) is 7.39. The van der Waals surface area contributed by atoms with E-state index in [9.17, 15) is 5.11 Å². The summed E-state index contributed by atoms with van der Waals surface area (Å²) >= 11 is 0. The molecule has 0 amide bonds. The number of aliphatic hydroxyl groups excluding tert-OH is 1. The molecule has 18 heavy (non-hydrogen) atoms. The summed E-state index contributed by atoms with van der Waals surface area (Å²) in [6.45, 7) is 7.65. The van der Waals surface area contributed by atoms with Gasteiger partial charge in [0.2, 0.25) is 0 Å². The quantitative estimate of drug-likeness (QED) is 0.781. The first-order valence-corrected chi connectivity index (χ1v) is 6.66. The number of benzene rings is 1. The molecule has 0 bridgehead atoms. The summed E-state index contributed by atoms with van der Waals surface area (Å²) in [5, 5.41) is 9.21. The predicted octanol–water partition coefficient (Wildman–Crippen LogP) is 2.20. The standard InChI is InChI=1S/C15H25NO2/c1-4-5-18-15-7-11(2)14(6-12(15)3)8-13(9-16)10-17/h6-7,13,17H,4-5,8-10,16H2,1-3H3. The molecule has 0 spiro atoms. The van der Waals surface area contributed by atoms with E-state index in [2.05, 4.69) is 32.9 Å². The Hall–Kier alpha value is -1.06. The minimum absolute atomic E-state index is 0.142. The Morgan fingerprint density at radius 3 is 2.56 bits per heavy atom. The molecule has 0 saturated heterocycles. The Balaban J connectivity index is 2.85. The molecule has 0 heterocycles. The normalized spacial score (nSPS) is 12.5. The molecular formula is C15H25NO2. The summed E-state index contributed by atoms with van der Waals surface area (Å²) < 4.78 is 5.71. The molecule has 0 aliphatic rings. The van der Waals surface area contributed by atoms with Crippen molar-refractivity contribution in [3.05, 3.63) is 28.8 Å². The lowest BCUT2D eigenvalue weighted by Crippen LogP contribution is -2.20.